The Balaban J connectivity index is 2.15. The molecule has 0 aliphatic heterocycles. The first-order valence-electron chi connectivity index (χ1n) is 5.39. The predicted molar refractivity (Wildman–Crippen MR) is 55.9 cm³/mol. The molecule has 1 rings (SSSR count). The second-order valence-electron chi connectivity index (χ2n) is 4.90. The highest BCUT2D eigenvalue weighted by molar-refractivity contribution is 4.95. The molecular weight excluding hydrogens is 162 g/mol. The smallest absolute Gasteiger partial charge is 0.0538 e. The standard InChI is InChI=1S/C11H23NO/c1-9(2)12-7-11(5-6-11)8-13-10(3)4/h9-10,12H,5-8H2,1-4H3. The van der Waals surface area contributed by atoms with E-state index in [-0.39, 0.29) is 0 Å². The van der Waals surface area contributed by atoms with Crippen molar-refractivity contribution in [1.29, 1.82) is 0 Å². The van der Waals surface area contributed by atoms with E-state index in [2.05, 4.69) is 33.0 Å². The van der Waals surface area contributed by atoms with Gasteiger partial charge in [-0.25, -0.2) is 0 Å². The molecular formula is C11H23NO. The highest BCUT2D eigenvalue weighted by atomic mass is 16.5. The number of hydrogen-bond acceptors (Lipinski definition) is 2. The summed E-state index contributed by atoms with van der Waals surface area (Å²) < 4.78 is 5.66. The summed E-state index contributed by atoms with van der Waals surface area (Å²) in [5.74, 6) is 0. The van der Waals surface area contributed by atoms with Gasteiger partial charge in [0, 0.05) is 18.0 Å². The van der Waals surface area contributed by atoms with E-state index in [1.165, 1.54) is 12.8 Å². The molecule has 2 heteroatoms. The minimum absolute atomic E-state index is 0.372. The second kappa shape index (κ2) is 4.43. The summed E-state index contributed by atoms with van der Waals surface area (Å²) in [6.45, 7) is 10.7. The zero-order chi connectivity index (χ0) is 9.90. The van der Waals surface area contributed by atoms with Crippen LogP contribution in [-0.4, -0.2) is 25.3 Å². The molecule has 0 heterocycles. The second-order valence-corrected chi connectivity index (χ2v) is 4.90. The first kappa shape index (κ1) is 11.0. The van der Waals surface area contributed by atoms with Gasteiger partial charge in [-0.05, 0) is 26.7 Å². The number of rotatable bonds is 6. The van der Waals surface area contributed by atoms with Crippen LogP contribution in [0.15, 0.2) is 0 Å². The Hall–Kier alpha value is -0.0800. The van der Waals surface area contributed by atoms with Crippen LogP contribution in [0.2, 0.25) is 0 Å². The van der Waals surface area contributed by atoms with Crippen LogP contribution in [0.4, 0.5) is 0 Å². The maximum atomic E-state index is 5.66. The fraction of sp³-hybridized carbons (Fsp3) is 1.00. The molecule has 0 spiro atoms. The Kier molecular flexibility index (Phi) is 3.74. The predicted octanol–water partition coefficient (Wildman–Crippen LogP) is 2.19. The van der Waals surface area contributed by atoms with Crippen LogP contribution in [0.5, 0.6) is 0 Å². The number of ether oxygens (including phenoxy) is 1. The first-order valence-corrected chi connectivity index (χ1v) is 5.39. The summed E-state index contributed by atoms with van der Waals surface area (Å²) in [5, 5.41) is 3.49. The van der Waals surface area contributed by atoms with Crippen LogP contribution in [0.25, 0.3) is 0 Å². The van der Waals surface area contributed by atoms with Crippen LogP contribution < -0.4 is 5.32 Å². The topological polar surface area (TPSA) is 21.3 Å². The lowest BCUT2D eigenvalue weighted by Gasteiger charge is -2.19. The molecule has 2 nitrogen and oxygen atoms in total. The highest BCUT2D eigenvalue weighted by Crippen LogP contribution is 2.45. The normalized spacial score (nSPS) is 19.8. The maximum Gasteiger partial charge on any atom is 0.0538 e. The highest BCUT2D eigenvalue weighted by Gasteiger charge is 2.42. The molecule has 13 heavy (non-hydrogen) atoms. The lowest BCUT2D eigenvalue weighted by atomic mass is 10.1. The van der Waals surface area contributed by atoms with E-state index in [1.807, 2.05) is 0 Å². The van der Waals surface area contributed by atoms with Crippen LogP contribution in [0, 0.1) is 5.41 Å². The third-order valence-corrected chi connectivity index (χ3v) is 2.57. The molecule has 0 radical (unpaired) electrons. The van der Waals surface area contributed by atoms with Gasteiger partial charge in [0.15, 0.2) is 0 Å². The van der Waals surface area contributed by atoms with Crippen molar-refractivity contribution in [2.45, 2.75) is 52.7 Å². The molecule has 1 saturated carbocycles. The molecule has 1 N–H and O–H groups in total. The molecule has 1 aliphatic rings. The number of hydrogen-bond donors (Lipinski definition) is 1. The zero-order valence-corrected chi connectivity index (χ0v) is 9.39. The molecule has 0 saturated heterocycles. The minimum atomic E-state index is 0.372. The van der Waals surface area contributed by atoms with Gasteiger partial charge in [0.25, 0.3) is 0 Å². The Morgan fingerprint density at radius 2 is 1.85 bits per heavy atom. The largest absolute Gasteiger partial charge is 0.378 e. The zero-order valence-electron chi connectivity index (χ0n) is 9.39. The Morgan fingerprint density at radius 3 is 2.23 bits per heavy atom. The van der Waals surface area contributed by atoms with Crippen molar-refractivity contribution in [2.75, 3.05) is 13.2 Å². The van der Waals surface area contributed by atoms with E-state index < -0.39 is 0 Å². The SMILES string of the molecule is CC(C)NCC1(COC(C)C)CC1. The van der Waals surface area contributed by atoms with Crippen molar-refractivity contribution < 1.29 is 4.74 Å². The van der Waals surface area contributed by atoms with E-state index in [4.69, 9.17) is 4.74 Å². The van der Waals surface area contributed by atoms with Crippen molar-refractivity contribution >= 4 is 0 Å². The molecule has 1 fully saturated rings. The Morgan fingerprint density at radius 1 is 1.23 bits per heavy atom. The van der Waals surface area contributed by atoms with Crippen molar-refractivity contribution in [2.24, 2.45) is 5.41 Å². The van der Waals surface area contributed by atoms with Crippen molar-refractivity contribution in [3.8, 4) is 0 Å². The fourth-order valence-corrected chi connectivity index (χ4v) is 1.31. The van der Waals surface area contributed by atoms with Gasteiger partial charge in [-0.1, -0.05) is 13.8 Å². The molecule has 0 amide bonds. The molecule has 1 aliphatic carbocycles. The first-order chi connectivity index (χ1) is 6.04. The van der Waals surface area contributed by atoms with Gasteiger partial charge in [0.05, 0.1) is 12.7 Å². The Labute approximate surface area is 82.0 Å². The van der Waals surface area contributed by atoms with E-state index in [0.29, 0.717) is 17.6 Å². The van der Waals surface area contributed by atoms with Gasteiger partial charge in [0.1, 0.15) is 0 Å². The van der Waals surface area contributed by atoms with E-state index in [1.54, 1.807) is 0 Å². The molecule has 0 bridgehead atoms. The summed E-state index contributed by atoms with van der Waals surface area (Å²) in [6, 6.07) is 0.594. The fourth-order valence-electron chi connectivity index (χ4n) is 1.31. The molecule has 0 unspecified atom stereocenters. The number of nitrogens with one attached hydrogen (secondary N) is 1. The summed E-state index contributed by atoms with van der Waals surface area (Å²) in [7, 11) is 0. The monoisotopic (exact) mass is 185 g/mol. The third kappa shape index (κ3) is 4.10. The minimum Gasteiger partial charge on any atom is -0.378 e. The molecule has 0 aromatic heterocycles. The molecule has 0 aromatic rings. The van der Waals surface area contributed by atoms with Crippen molar-refractivity contribution in [3.05, 3.63) is 0 Å². The van der Waals surface area contributed by atoms with Crippen LogP contribution in [-0.2, 0) is 4.74 Å². The quantitative estimate of drug-likeness (QED) is 0.685. The molecule has 0 atom stereocenters. The van der Waals surface area contributed by atoms with Crippen molar-refractivity contribution in [3.63, 3.8) is 0 Å². The van der Waals surface area contributed by atoms with Gasteiger partial charge in [0.2, 0.25) is 0 Å². The maximum absolute atomic E-state index is 5.66. The Bertz CT molecular complexity index is 136. The van der Waals surface area contributed by atoms with Gasteiger partial charge < -0.3 is 10.1 Å². The van der Waals surface area contributed by atoms with E-state index in [0.717, 1.165) is 13.2 Å². The molecule has 0 aromatic carbocycles. The van der Waals surface area contributed by atoms with Crippen LogP contribution in [0.3, 0.4) is 0 Å². The average Bonchev–Trinajstić information content (AvgIpc) is 2.78. The van der Waals surface area contributed by atoms with Gasteiger partial charge >= 0.3 is 0 Å². The van der Waals surface area contributed by atoms with E-state index >= 15 is 0 Å². The van der Waals surface area contributed by atoms with Crippen LogP contribution in [0.1, 0.15) is 40.5 Å². The lowest BCUT2D eigenvalue weighted by Crippen LogP contribution is -2.32. The van der Waals surface area contributed by atoms with Crippen molar-refractivity contribution in [1.82, 2.24) is 5.32 Å². The van der Waals surface area contributed by atoms with Crippen LogP contribution >= 0.6 is 0 Å². The van der Waals surface area contributed by atoms with Gasteiger partial charge in [-0.3, -0.25) is 0 Å². The third-order valence-electron chi connectivity index (χ3n) is 2.57. The van der Waals surface area contributed by atoms with Gasteiger partial charge in [-0.15, -0.1) is 0 Å². The summed E-state index contributed by atoms with van der Waals surface area (Å²) >= 11 is 0. The molecule has 78 valence electrons. The average molecular weight is 185 g/mol. The van der Waals surface area contributed by atoms with E-state index in [9.17, 15) is 0 Å². The summed E-state index contributed by atoms with van der Waals surface area (Å²) in [4.78, 5) is 0. The lowest BCUT2D eigenvalue weighted by molar-refractivity contribution is 0.0430. The van der Waals surface area contributed by atoms with Gasteiger partial charge in [-0.2, -0.15) is 0 Å². The summed E-state index contributed by atoms with van der Waals surface area (Å²) in [6.07, 6.45) is 3.04. The summed E-state index contributed by atoms with van der Waals surface area (Å²) in [5.41, 5.74) is 0.481.